The zero-order chi connectivity index (χ0) is 104. The quantitative estimate of drug-likeness (QED) is 0.0126. The van der Waals surface area contributed by atoms with E-state index >= 15 is 33.6 Å². The monoisotopic (exact) mass is 2050 g/mol. The maximum atomic E-state index is 15.4. The predicted molar refractivity (Wildman–Crippen MR) is 527 cm³/mol. The molecule has 14 amide bonds. The number of carboxylic acids is 1. The molecule has 1 aromatic carbocycles. The van der Waals surface area contributed by atoms with Crippen molar-refractivity contribution in [2.75, 3.05) is 170 Å². The van der Waals surface area contributed by atoms with Gasteiger partial charge in [-0.15, -0.1) is 0 Å². The first-order valence-electron chi connectivity index (χ1n) is 48.7. The predicted octanol–water partition coefficient (Wildman–Crippen LogP) is -5.05. The number of unbranched alkanes of at least 4 members (excludes halogenated alkanes) is 2. The molecule has 15 atom stereocenters. The maximum absolute atomic E-state index is 15.4. The van der Waals surface area contributed by atoms with Crippen molar-refractivity contribution >= 4 is 130 Å². The smallest absolute Gasteiger partial charge is 0.326 e. The van der Waals surface area contributed by atoms with Crippen LogP contribution >= 0.6 is 23.5 Å². The number of nitrogens with two attached hydrogens (primary N) is 6. The Balaban J connectivity index is 1.18. The maximum Gasteiger partial charge on any atom is 0.326 e. The molecule has 26 N–H and O–H groups in total. The fourth-order valence-electron chi connectivity index (χ4n) is 15.9. The number of carboxylic acid groups (broad SMARTS) is 1. The zero-order valence-electron chi connectivity index (χ0n) is 82.3. The summed E-state index contributed by atoms with van der Waals surface area (Å²) >= 11 is 2.18. The van der Waals surface area contributed by atoms with Gasteiger partial charge in [-0.25, -0.2) is 14.3 Å². The number of likely N-dealkylation sites (tertiary alicyclic amines) is 1. The Hall–Kier alpha value is -10.6. The highest BCUT2D eigenvalue weighted by molar-refractivity contribution is 8.16. The molecule has 5 heterocycles. The molecule has 0 radical (unpaired) electrons. The van der Waals surface area contributed by atoms with Gasteiger partial charge in [-0.3, -0.25) is 82.0 Å². The Labute approximate surface area is 837 Å². The molecule has 4 saturated heterocycles. The summed E-state index contributed by atoms with van der Waals surface area (Å²) in [6, 6.07) is -8.35. The summed E-state index contributed by atoms with van der Waals surface area (Å²) in [5.41, 5.74) is 35.2. The Morgan fingerprint density at radius 3 is 1.71 bits per heavy atom. The van der Waals surface area contributed by atoms with E-state index in [1.165, 1.54) is 22.9 Å². The fourth-order valence-corrected chi connectivity index (χ4v) is 18.9. The molecule has 142 heavy (non-hydrogen) atoms. The van der Waals surface area contributed by atoms with Gasteiger partial charge in [0, 0.05) is 70.4 Å². The lowest BCUT2D eigenvalue weighted by Crippen LogP contribution is -2.62. The number of aliphatic hydroxyl groups is 1. The van der Waals surface area contributed by atoms with Gasteiger partial charge in [0.25, 0.3) is 0 Å². The van der Waals surface area contributed by atoms with Crippen LogP contribution in [0.25, 0.3) is 0 Å². The van der Waals surface area contributed by atoms with E-state index in [1.807, 2.05) is 6.92 Å². The summed E-state index contributed by atoms with van der Waals surface area (Å²) in [6.07, 6.45) is 2.91. The minimum atomic E-state index is -1.61. The molecule has 51 heteroatoms. The minimum Gasteiger partial charge on any atom is -0.480 e. The van der Waals surface area contributed by atoms with Gasteiger partial charge in [-0.2, -0.15) is 0 Å². The summed E-state index contributed by atoms with van der Waals surface area (Å²) < 4.78 is 42.9. The lowest BCUT2D eigenvalue weighted by atomic mass is 10.0. The van der Waals surface area contributed by atoms with Crippen LogP contribution in [-0.4, -0.2) is 385 Å². The highest BCUT2D eigenvalue weighted by atomic mass is 32.2. The number of β-amino-alcohol motifs (C(OH)–C–C–N with tert-alkyl or cyclic N) is 1. The van der Waals surface area contributed by atoms with Crippen molar-refractivity contribution in [3.63, 3.8) is 0 Å². The van der Waals surface area contributed by atoms with Crippen LogP contribution in [0.3, 0.4) is 0 Å². The van der Waals surface area contributed by atoms with E-state index in [0.717, 1.165) is 23.5 Å². The molecule has 0 saturated carbocycles. The van der Waals surface area contributed by atoms with Crippen LogP contribution in [0.4, 0.5) is 0 Å². The lowest BCUT2D eigenvalue weighted by Gasteiger charge is -2.38. The van der Waals surface area contributed by atoms with Gasteiger partial charge in [0.15, 0.2) is 23.0 Å². The molecule has 5 aliphatic heterocycles. The van der Waals surface area contributed by atoms with Crippen molar-refractivity contribution in [2.45, 2.75) is 240 Å². The molecular formula is C91H153N24O25S2+. The Kier molecular flexibility index (Phi) is 56.8. The number of quaternary nitrogens is 1. The molecule has 798 valence electrons. The number of hydrogen-bond acceptors (Lipinski definition) is 31. The number of amides is 14. The number of aliphatic imine (C=N–C) groups is 3. The Bertz CT molecular complexity index is 4280. The van der Waals surface area contributed by atoms with Crippen molar-refractivity contribution in [2.24, 2.45) is 55.3 Å². The number of nitrogens with one attached hydrogen (secondary N) is 12. The number of fused-ring (bicyclic) bond motifs is 2. The lowest BCUT2D eigenvalue weighted by molar-refractivity contribution is -0.767. The van der Waals surface area contributed by atoms with Crippen molar-refractivity contribution in [1.82, 2.24) is 73.6 Å². The zero-order valence-corrected chi connectivity index (χ0v) is 83.9. The number of carbonyl (C=O) groups is 15. The summed E-state index contributed by atoms with van der Waals surface area (Å²) in [5.74, 6) is -13.6. The third-order valence-electron chi connectivity index (χ3n) is 23.5. The largest absolute Gasteiger partial charge is 0.480 e. The van der Waals surface area contributed by atoms with Crippen LogP contribution in [0.15, 0.2) is 57.2 Å². The van der Waals surface area contributed by atoms with E-state index < -0.39 is 173 Å². The number of primary amides is 1. The van der Waals surface area contributed by atoms with Gasteiger partial charge in [0.05, 0.1) is 138 Å². The van der Waals surface area contributed by atoms with Gasteiger partial charge >= 0.3 is 5.97 Å². The van der Waals surface area contributed by atoms with Crippen LogP contribution in [0, 0.1) is 5.92 Å². The topological polar surface area (TPSA) is 714 Å². The number of carbonyl (C=O) groups excluding carboxylic acids is 14. The highest BCUT2D eigenvalue weighted by Gasteiger charge is 2.48. The van der Waals surface area contributed by atoms with Crippen LogP contribution in [0.2, 0.25) is 0 Å². The average Bonchev–Trinajstić information content (AvgIpc) is 1.62. The number of thioether (sulfide) groups is 2. The number of guanidine groups is 2. The highest BCUT2D eigenvalue weighted by Crippen LogP contribution is 2.40. The van der Waals surface area contributed by atoms with E-state index in [1.54, 1.807) is 57.6 Å². The molecule has 6 rings (SSSR count). The second kappa shape index (κ2) is 67.1. The first-order chi connectivity index (χ1) is 68.1. The summed E-state index contributed by atoms with van der Waals surface area (Å²) in [5, 5.41) is 55.5. The number of hydrogen-bond donors (Lipinski definition) is 20. The van der Waals surface area contributed by atoms with Gasteiger partial charge < -0.3 is 151 Å². The van der Waals surface area contributed by atoms with E-state index in [0.29, 0.717) is 123 Å². The van der Waals surface area contributed by atoms with Gasteiger partial charge in [0.2, 0.25) is 82.7 Å². The normalized spacial score (nSPS) is 21.9. The van der Waals surface area contributed by atoms with Crippen LogP contribution in [0.5, 0.6) is 0 Å². The number of aliphatic carboxylic acids is 1. The van der Waals surface area contributed by atoms with E-state index in [-0.39, 0.29) is 202 Å². The van der Waals surface area contributed by atoms with Crippen LogP contribution in [0.1, 0.15) is 155 Å². The third-order valence-corrected chi connectivity index (χ3v) is 26.8. The second-order valence-corrected chi connectivity index (χ2v) is 37.8. The molecule has 3 unspecified atom stereocenters. The third kappa shape index (κ3) is 45.2. The fraction of sp³-hybridized carbons (Fsp3) is 0.714. The molecule has 0 spiro atoms. The first-order valence-corrected chi connectivity index (χ1v) is 50.8. The van der Waals surface area contributed by atoms with Crippen LogP contribution in [-0.2, 0) is 116 Å². The van der Waals surface area contributed by atoms with Crippen molar-refractivity contribution in [1.29, 1.82) is 0 Å². The molecular weight excluding hydrogens is 1890 g/mol. The molecule has 1 aromatic rings. The standard InChI is InChI=1S/C91H152N24O25S2/c1-6-7-19-63-79(122)111-71(84(127)110-69(88(131)132)51-60-17-9-8-10-18-60)56-142-91-115(5)57-98-53-61(115)52-68(82(125)104-62(20-11-12-28-92)77(120)102-54-76(119)113-32-15-23-72(113)85(128)105-63)109-83(126)70(55-141-91)112-81(124)67(50-58(2)3)108-78(121)64(21-13-29-100-89(94)95)106-86(129)73-24-16-33-114(73)87(130)66(22-14-30-101-90(96)97)107-80(123)65(25-26-74(93)117)103-75(118)27-34-133-36-38-135-40-42-137-44-46-139-48-49-140-47-45-138-43-41-136-39-37-134-35-31-99-59(4)116/h8-10,17-18,53,57-58,62-73,76,91,119H,6-7,11-16,19-52,54-56,92H2,1-5H3,(H22-,93,94,95,96,97,99,100,101,102,103,104,105,106,107,108,109,110,111,112,116,117,118,120,121,122,123,124,125,126,127,128,129,131,132)/p+1/t62-,63-,64+,65+,66+,67+,68-,69+,70+,71+,72-,73+,76?,91?,115?/m1/s1. The number of aliphatic hydroxyl groups excluding tert-OH is 1. The molecule has 5 aliphatic rings. The SMILES string of the molecule is CCCC[C@H]1NC(=O)[C@H]2CCCN2C(O)CNC(=O)[C@@H](CCCCN)NC(=O)[C@H]2CC3=CN=C[N+]3(C)C(SC[C@H](NC(=O)[C@H](CC(C)C)NC(=O)[C@H](CCCN=C(N)N)NC(=O)[C@@H]3CCCN3C(=O)[C@H](CCCN=C(N)N)NC(=O)[C@H](CCC(N)=O)NC(=O)CCOCCOCCOCCOCCOCCOCCOCCOCCNC(C)=O)C(=O)N2)SC[C@@H](C(=O)N[C@@H](Cc2ccccc2)C(=O)O)NC1=O. The Morgan fingerprint density at radius 2 is 1.13 bits per heavy atom. The molecule has 4 fully saturated rings. The summed E-state index contributed by atoms with van der Waals surface area (Å²) in [7, 11) is 1.74. The van der Waals surface area contributed by atoms with E-state index in [4.69, 9.17) is 72.3 Å². The van der Waals surface area contributed by atoms with Gasteiger partial charge in [0.1, 0.15) is 78.4 Å². The molecule has 49 nitrogen and oxygen atoms in total. The van der Waals surface area contributed by atoms with Gasteiger partial charge in [-0.1, -0.05) is 87.5 Å². The summed E-state index contributed by atoms with van der Waals surface area (Å²) in [4.78, 5) is 230. The van der Waals surface area contributed by atoms with Gasteiger partial charge in [-0.05, 0) is 108 Å². The van der Waals surface area contributed by atoms with Crippen molar-refractivity contribution in [3.05, 3.63) is 47.8 Å². The average molecular weight is 2050 g/mol. The minimum absolute atomic E-state index is 0.00800. The van der Waals surface area contributed by atoms with Crippen LogP contribution < -0.4 is 98.2 Å². The molecule has 0 aromatic heterocycles. The van der Waals surface area contributed by atoms with E-state index in [9.17, 15) is 48.6 Å². The first kappa shape index (κ1) is 120. The van der Waals surface area contributed by atoms with Crippen molar-refractivity contribution < 1.29 is 125 Å². The Morgan fingerprint density at radius 1 is 0.585 bits per heavy atom. The molecule has 2 bridgehead atoms. The molecule has 0 aliphatic carbocycles. The number of ether oxygens (including phenoxy) is 8. The number of benzene rings is 1. The van der Waals surface area contributed by atoms with E-state index in [2.05, 4.69) is 78.8 Å². The number of rotatable bonds is 62. The van der Waals surface area contributed by atoms with Crippen molar-refractivity contribution in [3.8, 4) is 0 Å². The summed E-state index contributed by atoms with van der Waals surface area (Å²) in [6.45, 7) is 12.1. The second-order valence-electron chi connectivity index (χ2n) is 35.3. The number of nitrogens with zero attached hydrogens (tertiary/aromatic N) is 6.